The van der Waals surface area contributed by atoms with Gasteiger partial charge in [-0.2, -0.15) is 0 Å². The molecule has 3 nitrogen and oxygen atoms in total. The summed E-state index contributed by atoms with van der Waals surface area (Å²) >= 11 is 17.5. The predicted octanol–water partition coefficient (Wildman–Crippen LogP) is 7.28. The summed E-state index contributed by atoms with van der Waals surface area (Å²) in [5.74, 6) is -0.301. The standard InChI is InChI=1S/C20H11BrCl2N2OS/c21-11-5-8-15(22)14(9-11)19(26)24-12-6-7-13(16(23)10-12)20-25-17-3-1-2-4-18(17)27-20/h1-10H,(H,24,26). The Morgan fingerprint density at radius 3 is 2.59 bits per heavy atom. The molecule has 0 saturated heterocycles. The summed E-state index contributed by atoms with van der Waals surface area (Å²) in [7, 11) is 0. The van der Waals surface area contributed by atoms with Crippen molar-refractivity contribution < 1.29 is 4.79 Å². The van der Waals surface area contributed by atoms with Gasteiger partial charge in [0.05, 0.1) is 25.8 Å². The molecule has 1 amide bonds. The van der Waals surface area contributed by atoms with Gasteiger partial charge in [-0.15, -0.1) is 11.3 Å². The number of aromatic nitrogens is 1. The maximum absolute atomic E-state index is 12.5. The Balaban J connectivity index is 1.61. The summed E-state index contributed by atoms with van der Waals surface area (Å²) in [5, 5.41) is 4.57. The van der Waals surface area contributed by atoms with Crippen LogP contribution >= 0.6 is 50.5 Å². The fourth-order valence-electron chi connectivity index (χ4n) is 2.62. The van der Waals surface area contributed by atoms with Crippen molar-refractivity contribution in [1.82, 2.24) is 4.98 Å². The number of halogens is 3. The number of nitrogens with zero attached hydrogens (tertiary/aromatic N) is 1. The highest BCUT2D eigenvalue weighted by molar-refractivity contribution is 9.10. The molecule has 1 N–H and O–H groups in total. The highest BCUT2D eigenvalue weighted by Crippen LogP contribution is 2.35. The van der Waals surface area contributed by atoms with Crippen LogP contribution in [0.4, 0.5) is 5.69 Å². The number of hydrogen-bond acceptors (Lipinski definition) is 3. The maximum atomic E-state index is 12.5. The molecule has 4 rings (SSSR count). The van der Waals surface area contributed by atoms with Crippen LogP contribution in [-0.4, -0.2) is 10.9 Å². The molecule has 134 valence electrons. The number of rotatable bonds is 3. The van der Waals surface area contributed by atoms with Gasteiger partial charge in [0, 0.05) is 15.7 Å². The van der Waals surface area contributed by atoms with Gasteiger partial charge in [0.2, 0.25) is 0 Å². The molecule has 0 saturated carbocycles. The number of hydrogen-bond donors (Lipinski definition) is 1. The molecule has 0 radical (unpaired) electrons. The molecule has 0 atom stereocenters. The Hall–Kier alpha value is -1.92. The second-order valence-corrected chi connectivity index (χ2v) is 8.52. The number of benzene rings is 3. The van der Waals surface area contributed by atoms with E-state index in [2.05, 4.69) is 26.2 Å². The van der Waals surface area contributed by atoms with Crippen molar-refractivity contribution in [1.29, 1.82) is 0 Å². The molecule has 0 spiro atoms. The number of para-hydroxylation sites is 1. The third kappa shape index (κ3) is 3.87. The summed E-state index contributed by atoms with van der Waals surface area (Å²) in [6, 6.07) is 18.4. The Morgan fingerprint density at radius 1 is 1.00 bits per heavy atom. The molecule has 0 unspecified atom stereocenters. The van der Waals surface area contributed by atoms with Crippen LogP contribution in [0.2, 0.25) is 10.0 Å². The summed E-state index contributed by atoms with van der Waals surface area (Å²) in [5.41, 5.74) is 2.75. The molecule has 7 heteroatoms. The zero-order valence-electron chi connectivity index (χ0n) is 13.7. The van der Waals surface area contributed by atoms with E-state index in [1.165, 1.54) is 0 Å². The van der Waals surface area contributed by atoms with Crippen molar-refractivity contribution in [3.63, 3.8) is 0 Å². The number of amides is 1. The van der Waals surface area contributed by atoms with Crippen molar-refractivity contribution in [2.24, 2.45) is 0 Å². The van der Waals surface area contributed by atoms with E-state index in [4.69, 9.17) is 23.2 Å². The van der Waals surface area contributed by atoms with Gasteiger partial charge in [-0.3, -0.25) is 4.79 Å². The minimum absolute atomic E-state index is 0.301. The summed E-state index contributed by atoms with van der Waals surface area (Å²) < 4.78 is 1.88. The molecular formula is C20H11BrCl2N2OS. The zero-order valence-corrected chi connectivity index (χ0v) is 17.6. The number of carbonyl (C=O) groups excluding carboxylic acids is 1. The van der Waals surface area contributed by atoms with Crippen molar-refractivity contribution in [3.8, 4) is 10.6 Å². The summed E-state index contributed by atoms with van der Waals surface area (Å²) in [4.78, 5) is 17.1. The van der Waals surface area contributed by atoms with E-state index in [1.54, 1.807) is 41.7 Å². The minimum Gasteiger partial charge on any atom is -0.322 e. The topological polar surface area (TPSA) is 42.0 Å². The summed E-state index contributed by atoms with van der Waals surface area (Å²) in [6.45, 7) is 0. The SMILES string of the molecule is O=C(Nc1ccc(-c2nc3ccccc3s2)c(Cl)c1)c1cc(Br)ccc1Cl. The van der Waals surface area contributed by atoms with Gasteiger partial charge in [-0.05, 0) is 48.5 Å². The van der Waals surface area contributed by atoms with Crippen LogP contribution < -0.4 is 5.32 Å². The lowest BCUT2D eigenvalue weighted by molar-refractivity contribution is 0.102. The first-order valence-electron chi connectivity index (χ1n) is 7.93. The molecule has 1 heterocycles. The summed E-state index contributed by atoms with van der Waals surface area (Å²) in [6.07, 6.45) is 0. The van der Waals surface area contributed by atoms with Crippen molar-refractivity contribution >= 4 is 72.3 Å². The molecule has 0 aliphatic heterocycles. The quantitative estimate of drug-likeness (QED) is 0.336. The normalized spacial score (nSPS) is 10.9. The monoisotopic (exact) mass is 476 g/mol. The Kier molecular flexibility index (Phi) is 5.19. The van der Waals surface area contributed by atoms with Crippen LogP contribution in [0.15, 0.2) is 65.1 Å². The second kappa shape index (κ2) is 7.60. The second-order valence-electron chi connectivity index (χ2n) is 5.76. The Morgan fingerprint density at radius 2 is 1.81 bits per heavy atom. The van der Waals surface area contributed by atoms with E-state index in [0.717, 1.165) is 25.3 Å². The predicted molar refractivity (Wildman–Crippen MR) is 117 cm³/mol. The smallest absolute Gasteiger partial charge is 0.257 e. The van der Waals surface area contributed by atoms with Gasteiger partial charge in [-0.1, -0.05) is 51.3 Å². The highest BCUT2D eigenvalue weighted by Gasteiger charge is 2.14. The number of nitrogens with one attached hydrogen (secondary N) is 1. The van der Waals surface area contributed by atoms with Crippen LogP contribution in [0.1, 0.15) is 10.4 Å². The number of anilines is 1. The fraction of sp³-hybridized carbons (Fsp3) is 0. The van der Waals surface area contributed by atoms with Gasteiger partial charge in [0.1, 0.15) is 5.01 Å². The van der Waals surface area contributed by atoms with E-state index >= 15 is 0 Å². The van der Waals surface area contributed by atoms with E-state index in [-0.39, 0.29) is 5.91 Å². The van der Waals surface area contributed by atoms with E-state index in [9.17, 15) is 4.79 Å². The van der Waals surface area contributed by atoms with Crippen LogP contribution in [0.3, 0.4) is 0 Å². The fourth-order valence-corrected chi connectivity index (χ4v) is 4.52. The third-order valence-electron chi connectivity index (χ3n) is 3.92. The Labute approximate surface area is 178 Å². The van der Waals surface area contributed by atoms with Gasteiger partial charge in [0.15, 0.2) is 0 Å². The highest BCUT2D eigenvalue weighted by atomic mass is 79.9. The minimum atomic E-state index is -0.301. The van der Waals surface area contributed by atoms with Crippen molar-refractivity contribution in [2.45, 2.75) is 0 Å². The molecular weight excluding hydrogens is 467 g/mol. The molecule has 0 bridgehead atoms. The lowest BCUT2D eigenvalue weighted by atomic mass is 10.2. The molecule has 0 aliphatic rings. The first kappa shape index (κ1) is 18.4. The average molecular weight is 478 g/mol. The van der Waals surface area contributed by atoms with E-state index < -0.39 is 0 Å². The van der Waals surface area contributed by atoms with Crippen molar-refractivity contribution in [2.75, 3.05) is 5.32 Å². The third-order valence-corrected chi connectivity index (χ3v) is 6.13. The van der Waals surface area contributed by atoms with Gasteiger partial charge in [0.25, 0.3) is 5.91 Å². The number of fused-ring (bicyclic) bond motifs is 1. The van der Waals surface area contributed by atoms with Crippen LogP contribution in [0, 0.1) is 0 Å². The first-order valence-corrected chi connectivity index (χ1v) is 10.3. The van der Waals surface area contributed by atoms with E-state index in [1.807, 2.05) is 30.3 Å². The lowest BCUT2D eigenvalue weighted by Gasteiger charge is -2.09. The van der Waals surface area contributed by atoms with Crippen LogP contribution in [0.5, 0.6) is 0 Å². The van der Waals surface area contributed by atoms with Crippen LogP contribution in [-0.2, 0) is 0 Å². The molecule has 4 aromatic rings. The number of carbonyl (C=O) groups is 1. The molecule has 0 aliphatic carbocycles. The maximum Gasteiger partial charge on any atom is 0.257 e. The molecule has 3 aromatic carbocycles. The average Bonchev–Trinajstić information content (AvgIpc) is 3.07. The molecule has 27 heavy (non-hydrogen) atoms. The molecule has 0 fully saturated rings. The Bertz CT molecular complexity index is 1140. The van der Waals surface area contributed by atoms with Gasteiger partial charge >= 0.3 is 0 Å². The van der Waals surface area contributed by atoms with E-state index in [0.29, 0.717) is 21.3 Å². The van der Waals surface area contributed by atoms with Gasteiger partial charge < -0.3 is 5.32 Å². The van der Waals surface area contributed by atoms with Gasteiger partial charge in [-0.25, -0.2) is 4.98 Å². The molecule has 1 aromatic heterocycles. The van der Waals surface area contributed by atoms with Crippen molar-refractivity contribution in [3.05, 3.63) is 80.7 Å². The number of thiazole rings is 1. The largest absolute Gasteiger partial charge is 0.322 e. The zero-order chi connectivity index (χ0) is 19.0. The lowest BCUT2D eigenvalue weighted by Crippen LogP contribution is -2.12. The van der Waals surface area contributed by atoms with Crippen LogP contribution in [0.25, 0.3) is 20.8 Å². The first-order chi connectivity index (χ1) is 13.0.